The number of nitrogens with two attached hydrogens (primary N) is 1. The van der Waals surface area contributed by atoms with Crippen molar-refractivity contribution in [3.63, 3.8) is 0 Å². The fraction of sp³-hybridized carbons (Fsp3) is 0.500. The van der Waals surface area contributed by atoms with Crippen molar-refractivity contribution in [2.75, 3.05) is 24.5 Å². The number of aromatic nitrogens is 1. The molecule has 0 aliphatic heterocycles. The first-order valence-electron chi connectivity index (χ1n) is 13.1. The zero-order valence-electron chi connectivity index (χ0n) is 21.7. The van der Waals surface area contributed by atoms with Gasteiger partial charge in [-0.25, -0.2) is 4.98 Å². The predicted octanol–water partition coefficient (Wildman–Crippen LogP) is 7.29. The lowest BCUT2D eigenvalue weighted by molar-refractivity contribution is -0.162. The number of pyridine rings is 1. The molecule has 1 aromatic carbocycles. The first-order valence-corrected chi connectivity index (χ1v) is 13.5. The molecule has 1 fully saturated rings. The first kappa shape index (κ1) is 29.2. The smallest absolute Gasteiger partial charge is 0.376 e. The highest BCUT2D eigenvalue weighted by Gasteiger charge is 2.44. The number of fused-ring (bicyclic) bond motifs is 1. The molecule has 4 nitrogen and oxygen atoms in total. The topological polar surface area (TPSA) is 45.4 Å². The molecule has 0 bridgehead atoms. The van der Waals surface area contributed by atoms with Crippen molar-refractivity contribution in [1.29, 1.82) is 0 Å². The van der Waals surface area contributed by atoms with Crippen LogP contribution in [0.3, 0.4) is 0 Å². The lowest BCUT2D eigenvalue weighted by Crippen LogP contribution is -2.39. The fourth-order valence-electron chi connectivity index (χ4n) is 5.45. The molecule has 0 amide bonds. The van der Waals surface area contributed by atoms with Crippen molar-refractivity contribution in [1.82, 2.24) is 9.88 Å². The van der Waals surface area contributed by atoms with E-state index in [1.54, 1.807) is 0 Å². The lowest BCUT2D eigenvalue weighted by atomic mass is 9.89. The number of benzene rings is 1. The Morgan fingerprint density at radius 2 is 1.77 bits per heavy atom. The van der Waals surface area contributed by atoms with Crippen LogP contribution in [-0.4, -0.2) is 47.0 Å². The van der Waals surface area contributed by atoms with Gasteiger partial charge in [-0.1, -0.05) is 37.1 Å². The van der Waals surface area contributed by atoms with Crippen molar-refractivity contribution in [2.24, 2.45) is 17.6 Å². The summed E-state index contributed by atoms with van der Waals surface area (Å²) in [5.74, 6) is -0.967. The summed E-state index contributed by atoms with van der Waals surface area (Å²) in [6.07, 6.45) is -4.59. The molecule has 1 aromatic heterocycles. The van der Waals surface area contributed by atoms with E-state index < -0.39 is 30.3 Å². The van der Waals surface area contributed by atoms with E-state index in [9.17, 15) is 26.3 Å². The van der Waals surface area contributed by atoms with Crippen LogP contribution in [0.2, 0.25) is 0 Å². The molecule has 4 rings (SSSR count). The Labute approximate surface area is 229 Å². The van der Waals surface area contributed by atoms with Gasteiger partial charge < -0.3 is 15.5 Å². The Hall–Kier alpha value is -2.82. The number of hydrogen-bond acceptors (Lipinski definition) is 3. The van der Waals surface area contributed by atoms with E-state index >= 15 is 0 Å². The highest BCUT2D eigenvalue weighted by molar-refractivity contribution is 7.80. The van der Waals surface area contributed by atoms with E-state index in [2.05, 4.69) is 4.90 Å². The molecule has 2 N–H and O–H groups in total. The third-order valence-electron chi connectivity index (χ3n) is 7.45. The molecule has 2 aliphatic rings. The van der Waals surface area contributed by atoms with Gasteiger partial charge in [0, 0.05) is 37.1 Å². The number of halogens is 6. The van der Waals surface area contributed by atoms with E-state index in [-0.39, 0.29) is 29.9 Å². The second kappa shape index (κ2) is 11.7. The summed E-state index contributed by atoms with van der Waals surface area (Å²) < 4.78 is 80.9. The van der Waals surface area contributed by atoms with Crippen LogP contribution >= 0.6 is 12.2 Å². The van der Waals surface area contributed by atoms with Crippen LogP contribution in [0.25, 0.3) is 10.9 Å². The van der Waals surface area contributed by atoms with Gasteiger partial charge in [0.15, 0.2) is 5.11 Å². The van der Waals surface area contributed by atoms with E-state index in [0.717, 1.165) is 47.7 Å². The van der Waals surface area contributed by atoms with Crippen LogP contribution in [0.5, 0.6) is 0 Å². The van der Waals surface area contributed by atoms with E-state index in [0.29, 0.717) is 12.5 Å². The summed E-state index contributed by atoms with van der Waals surface area (Å²) in [6.45, 7) is 3.40. The molecule has 212 valence electrons. The van der Waals surface area contributed by atoms with E-state index in [4.69, 9.17) is 22.9 Å². The summed E-state index contributed by atoms with van der Waals surface area (Å²) >= 11 is 5.22. The third kappa shape index (κ3) is 7.23. The zero-order valence-corrected chi connectivity index (χ0v) is 22.5. The molecule has 1 atom stereocenters. The summed E-state index contributed by atoms with van der Waals surface area (Å²) in [5, 5.41) is 0.757. The molecule has 39 heavy (non-hydrogen) atoms. The first-order chi connectivity index (χ1) is 18.3. The Kier molecular flexibility index (Phi) is 8.78. The van der Waals surface area contributed by atoms with Gasteiger partial charge in [-0.05, 0) is 68.1 Å². The van der Waals surface area contributed by atoms with Gasteiger partial charge in [0.05, 0.1) is 17.0 Å². The van der Waals surface area contributed by atoms with Crippen molar-refractivity contribution in [2.45, 2.75) is 57.9 Å². The third-order valence-corrected chi connectivity index (χ3v) is 7.71. The summed E-state index contributed by atoms with van der Waals surface area (Å²) in [5.41, 5.74) is 6.20. The lowest BCUT2D eigenvalue weighted by Gasteiger charge is -2.32. The SMILES string of the molecule is CCN(CC1CCCC1)c1nc2ccccc2cc1CN(CC1=CC(C(F)(F)F)=CC(C(F)(F)F)C1)C(N)=S. The minimum absolute atomic E-state index is 0.0337. The number of allylic oxidation sites excluding steroid dienone is 3. The van der Waals surface area contributed by atoms with E-state index in [1.807, 2.05) is 37.3 Å². The molecule has 1 saturated carbocycles. The van der Waals surface area contributed by atoms with Crippen LogP contribution in [-0.2, 0) is 6.54 Å². The second-order valence-corrected chi connectivity index (χ2v) is 10.7. The summed E-state index contributed by atoms with van der Waals surface area (Å²) in [6, 6.07) is 9.54. The quantitative estimate of drug-likeness (QED) is 0.267. The number of nitrogens with zero attached hydrogens (tertiary/aromatic N) is 3. The second-order valence-electron chi connectivity index (χ2n) is 10.3. The zero-order chi connectivity index (χ0) is 28.4. The Morgan fingerprint density at radius 3 is 2.38 bits per heavy atom. The Bertz CT molecular complexity index is 1250. The van der Waals surface area contributed by atoms with Gasteiger partial charge in [-0.2, -0.15) is 26.3 Å². The highest BCUT2D eigenvalue weighted by Crippen LogP contribution is 2.41. The predicted molar refractivity (Wildman–Crippen MR) is 145 cm³/mol. The maximum atomic E-state index is 13.5. The molecule has 0 spiro atoms. The van der Waals surface area contributed by atoms with Crippen molar-refractivity contribution in [3.05, 3.63) is 59.2 Å². The number of rotatable bonds is 8. The molecule has 1 unspecified atom stereocenters. The average molecular weight is 571 g/mol. The van der Waals surface area contributed by atoms with Gasteiger partial charge in [0.25, 0.3) is 0 Å². The van der Waals surface area contributed by atoms with Crippen LogP contribution in [0.1, 0.15) is 44.6 Å². The number of alkyl halides is 6. The Morgan fingerprint density at radius 1 is 1.08 bits per heavy atom. The van der Waals surface area contributed by atoms with Crippen LogP contribution < -0.4 is 10.6 Å². The van der Waals surface area contributed by atoms with Crippen molar-refractivity contribution < 1.29 is 26.3 Å². The van der Waals surface area contributed by atoms with Crippen molar-refractivity contribution >= 4 is 34.1 Å². The van der Waals surface area contributed by atoms with Crippen molar-refractivity contribution in [3.8, 4) is 0 Å². The van der Waals surface area contributed by atoms with Crippen LogP contribution in [0.4, 0.5) is 32.2 Å². The van der Waals surface area contributed by atoms with Gasteiger partial charge in [-0.15, -0.1) is 0 Å². The number of anilines is 1. The number of hydrogen-bond donors (Lipinski definition) is 1. The summed E-state index contributed by atoms with van der Waals surface area (Å²) in [7, 11) is 0. The largest absolute Gasteiger partial charge is 0.416 e. The minimum Gasteiger partial charge on any atom is -0.376 e. The molecule has 0 saturated heterocycles. The molecule has 2 aromatic rings. The Balaban J connectivity index is 1.67. The van der Waals surface area contributed by atoms with Gasteiger partial charge in [-0.3, -0.25) is 0 Å². The van der Waals surface area contributed by atoms with E-state index in [1.165, 1.54) is 17.7 Å². The van der Waals surface area contributed by atoms with Crippen LogP contribution in [0.15, 0.2) is 53.6 Å². The van der Waals surface area contributed by atoms with Crippen LogP contribution in [0, 0.1) is 11.8 Å². The molecule has 1 heterocycles. The molecular weight excluding hydrogens is 538 g/mol. The minimum atomic E-state index is -4.90. The van der Waals surface area contributed by atoms with Gasteiger partial charge in [0.1, 0.15) is 5.82 Å². The average Bonchev–Trinajstić information content (AvgIpc) is 3.38. The van der Waals surface area contributed by atoms with Gasteiger partial charge in [0.2, 0.25) is 0 Å². The molecular formula is C28H32F6N4S. The standard InChI is InChI=1S/C28H32F6N4S/c1-2-37(15-18-7-3-4-8-18)25-21(13-20-9-5-6-10-24(20)36-25)17-38(26(35)39)16-19-11-22(27(29,30)31)14-23(12-19)28(32,33)34/h5-6,9-11,13-14,18,23H,2-4,7-8,12,15-17H2,1H3,(H2,35,39). The fourth-order valence-corrected chi connectivity index (χ4v) is 5.58. The van der Waals surface area contributed by atoms with Gasteiger partial charge >= 0.3 is 12.4 Å². The molecule has 11 heteroatoms. The molecule has 2 aliphatic carbocycles. The maximum absolute atomic E-state index is 13.5. The maximum Gasteiger partial charge on any atom is 0.416 e. The molecule has 0 radical (unpaired) electrons. The highest BCUT2D eigenvalue weighted by atomic mass is 32.1. The monoisotopic (exact) mass is 570 g/mol. The summed E-state index contributed by atoms with van der Waals surface area (Å²) in [4.78, 5) is 8.58. The number of para-hydroxylation sites is 1. The number of thiocarbonyl (C=S) groups is 1. The normalized spacial score (nSPS) is 18.7.